The molecular weight excluding hydrogens is 358 g/mol. The summed E-state index contributed by atoms with van der Waals surface area (Å²) in [6.45, 7) is 2.13. The van der Waals surface area contributed by atoms with E-state index >= 15 is 0 Å². The third-order valence-corrected chi connectivity index (χ3v) is 4.51. The van der Waals surface area contributed by atoms with Gasteiger partial charge < -0.3 is 15.2 Å². The number of benzene rings is 1. The number of nitrogens with two attached hydrogens (primary N) is 1. The first-order chi connectivity index (χ1) is 9.76. The number of sulfone groups is 1. The fourth-order valence-electron chi connectivity index (χ4n) is 1.77. The topological polar surface area (TPSA) is 78.6 Å². The Balaban J connectivity index is 2.89. The lowest BCUT2D eigenvalue weighted by Gasteiger charge is -2.15. The van der Waals surface area contributed by atoms with Crippen molar-refractivity contribution in [3.8, 4) is 11.5 Å². The summed E-state index contributed by atoms with van der Waals surface area (Å²) in [5, 5.41) is 0. The standard InChI is InChI=1S/C14H22BrNO4S/c1-4-11(16)7-10-8-12(15)14(13(9-10)19-2)20-5-6-21(3,17)18/h8-9,11H,4-7,16H2,1-3H3. The summed E-state index contributed by atoms with van der Waals surface area (Å²) < 4.78 is 33.9. The van der Waals surface area contributed by atoms with Gasteiger partial charge in [-0.2, -0.15) is 0 Å². The number of methoxy groups -OCH3 is 1. The molecule has 7 heteroatoms. The number of rotatable bonds is 8. The predicted molar refractivity (Wildman–Crippen MR) is 87.9 cm³/mol. The average Bonchev–Trinajstić information content (AvgIpc) is 2.39. The lowest BCUT2D eigenvalue weighted by atomic mass is 10.0. The molecule has 0 aromatic heterocycles. The predicted octanol–water partition coefficient (Wildman–Crippen LogP) is 2.16. The zero-order valence-electron chi connectivity index (χ0n) is 12.6. The highest BCUT2D eigenvalue weighted by molar-refractivity contribution is 9.10. The van der Waals surface area contributed by atoms with Gasteiger partial charge in [-0.25, -0.2) is 8.42 Å². The number of halogens is 1. The Morgan fingerprint density at radius 1 is 1.38 bits per heavy atom. The zero-order valence-corrected chi connectivity index (χ0v) is 15.0. The Morgan fingerprint density at radius 2 is 2.05 bits per heavy atom. The van der Waals surface area contributed by atoms with Gasteiger partial charge in [0, 0.05) is 12.3 Å². The summed E-state index contributed by atoms with van der Waals surface area (Å²) in [6.07, 6.45) is 2.82. The Bertz CT molecular complexity index is 575. The van der Waals surface area contributed by atoms with Crippen molar-refractivity contribution in [3.05, 3.63) is 22.2 Å². The molecule has 120 valence electrons. The van der Waals surface area contributed by atoms with Crippen LogP contribution < -0.4 is 15.2 Å². The minimum absolute atomic E-state index is 0.0367. The van der Waals surface area contributed by atoms with E-state index in [1.165, 1.54) is 6.26 Å². The molecule has 0 heterocycles. The van der Waals surface area contributed by atoms with Crippen LogP contribution in [0.5, 0.6) is 11.5 Å². The quantitative estimate of drug-likeness (QED) is 0.748. The summed E-state index contributed by atoms with van der Waals surface area (Å²) in [5.74, 6) is 1.04. The van der Waals surface area contributed by atoms with Crippen LogP contribution in [0.15, 0.2) is 16.6 Å². The lowest BCUT2D eigenvalue weighted by molar-refractivity contribution is 0.309. The Hall–Kier alpha value is -0.790. The van der Waals surface area contributed by atoms with E-state index < -0.39 is 9.84 Å². The molecule has 1 rings (SSSR count). The fourth-order valence-corrected chi connectivity index (χ4v) is 2.76. The maximum atomic E-state index is 11.1. The summed E-state index contributed by atoms with van der Waals surface area (Å²) in [7, 11) is -1.50. The third kappa shape index (κ3) is 6.23. The van der Waals surface area contributed by atoms with Crippen molar-refractivity contribution >= 4 is 25.8 Å². The molecule has 0 saturated heterocycles. The minimum atomic E-state index is -3.05. The van der Waals surface area contributed by atoms with Gasteiger partial charge >= 0.3 is 0 Å². The SMILES string of the molecule is CCC(N)Cc1cc(Br)c(OCCS(C)(=O)=O)c(OC)c1. The molecule has 0 amide bonds. The van der Waals surface area contributed by atoms with Gasteiger partial charge in [-0.15, -0.1) is 0 Å². The maximum Gasteiger partial charge on any atom is 0.175 e. The molecule has 1 unspecified atom stereocenters. The van der Waals surface area contributed by atoms with E-state index in [1.807, 2.05) is 19.1 Å². The summed E-state index contributed by atoms with van der Waals surface area (Å²) >= 11 is 3.44. The number of ether oxygens (including phenoxy) is 2. The van der Waals surface area contributed by atoms with Gasteiger partial charge in [-0.3, -0.25) is 0 Å². The fraction of sp³-hybridized carbons (Fsp3) is 0.571. The van der Waals surface area contributed by atoms with Crippen LogP contribution in [0.1, 0.15) is 18.9 Å². The molecule has 0 bridgehead atoms. The maximum absolute atomic E-state index is 11.1. The second-order valence-electron chi connectivity index (χ2n) is 4.96. The molecule has 1 aromatic rings. The molecule has 1 atom stereocenters. The highest BCUT2D eigenvalue weighted by Crippen LogP contribution is 2.37. The summed E-state index contributed by atoms with van der Waals surface area (Å²) in [5.41, 5.74) is 7.00. The van der Waals surface area contributed by atoms with Crippen LogP contribution in [-0.2, 0) is 16.3 Å². The van der Waals surface area contributed by atoms with Gasteiger partial charge in [0.1, 0.15) is 6.61 Å². The molecule has 21 heavy (non-hydrogen) atoms. The number of hydrogen-bond acceptors (Lipinski definition) is 5. The van der Waals surface area contributed by atoms with Crippen LogP contribution in [0.25, 0.3) is 0 Å². The van der Waals surface area contributed by atoms with Gasteiger partial charge in [-0.05, 0) is 46.5 Å². The van der Waals surface area contributed by atoms with E-state index in [1.54, 1.807) is 7.11 Å². The molecule has 5 nitrogen and oxygen atoms in total. The van der Waals surface area contributed by atoms with Crippen molar-refractivity contribution in [2.75, 3.05) is 25.7 Å². The monoisotopic (exact) mass is 379 g/mol. The van der Waals surface area contributed by atoms with Gasteiger partial charge in [0.2, 0.25) is 0 Å². The van der Waals surface area contributed by atoms with Gasteiger partial charge in [-0.1, -0.05) is 6.92 Å². The van der Waals surface area contributed by atoms with Gasteiger partial charge in [0.15, 0.2) is 21.3 Å². The van der Waals surface area contributed by atoms with E-state index in [2.05, 4.69) is 15.9 Å². The van der Waals surface area contributed by atoms with E-state index in [0.29, 0.717) is 11.5 Å². The normalized spacial score (nSPS) is 13.0. The van der Waals surface area contributed by atoms with Crippen LogP contribution >= 0.6 is 15.9 Å². The molecule has 0 aliphatic heterocycles. The van der Waals surface area contributed by atoms with E-state index in [0.717, 1.165) is 22.9 Å². The third-order valence-electron chi connectivity index (χ3n) is 3.01. The highest BCUT2D eigenvalue weighted by Gasteiger charge is 2.14. The largest absolute Gasteiger partial charge is 0.493 e. The first-order valence-electron chi connectivity index (χ1n) is 6.69. The van der Waals surface area contributed by atoms with Crippen molar-refractivity contribution in [1.82, 2.24) is 0 Å². The van der Waals surface area contributed by atoms with Crippen LogP contribution in [0.3, 0.4) is 0 Å². The Labute approximate surface area is 134 Å². The van der Waals surface area contributed by atoms with E-state index in [-0.39, 0.29) is 18.4 Å². The van der Waals surface area contributed by atoms with Crippen molar-refractivity contribution in [2.24, 2.45) is 5.73 Å². The number of hydrogen-bond donors (Lipinski definition) is 1. The summed E-state index contributed by atoms with van der Waals surface area (Å²) in [4.78, 5) is 0. The smallest absolute Gasteiger partial charge is 0.175 e. The van der Waals surface area contributed by atoms with Crippen molar-refractivity contribution in [2.45, 2.75) is 25.8 Å². The molecule has 0 fully saturated rings. The van der Waals surface area contributed by atoms with Crippen LogP contribution in [0.4, 0.5) is 0 Å². The van der Waals surface area contributed by atoms with Crippen molar-refractivity contribution in [1.29, 1.82) is 0 Å². The zero-order chi connectivity index (χ0) is 16.0. The molecule has 0 spiro atoms. The molecule has 0 aliphatic carbocycles. The molecule has 1 aromatic carbocycles. The lowest BCUT2D eigenvalue weighted by Crippen LogP contribution is -2.21. The second-order valence-corrected chi connectivity index (χ2v) is 8.07. The van der Waals surface area contributed by atoms with Crippen LogP contribution in [-0.4, -0.2) is 40.2 Å². The summed E-state index contributed by atoms with van der Waals surface area (Å²) in [6, 6.07) is 3.89. The van der Waals surface area contributed by atoms with E-state index in [9.17, 15) is 8.42 Å². The average molecular weight is 380 g/mol. The van der Waals surface area contributed by atoms with Crippen molar-refractivity contribution < 1.29 is 17.9 Å². The Kier molecular flexibility index (Phi) is 6.96. The van der Waals surface area contributed by atoms with Gasteiger partial charge in [0.25, 0.3) is 0 Å². The molecule has 0 saturated carbocycles. The minimum Gasteiger partial charge on any atom is -0.493 e. The second kappa shape index (κ2) is 8.00. The molecule has 0 aliphatic rings. The highest BCUT2D eigenvalue weighted by atomic mass is 79.9. The van der Waals surface area contributed by atoms with Crippen LogP contribution in [0.2, 0.25) is 0 Å². The van der Waals surface area contributed by atoms with E-state index in [4.69, 9.17) is 15.2 Å². The Morgan fingerprint density at radius 3 is 2.57 bits per heavy atom. The molecular formula is C14H22BrNO4S. The van der Waals surface area contributed by atoms with Crippen molar-refractivity contribution in [3.63, 3.8) is 0 Å². The van der Waals surface area contributed by atoms with Gasteiger partial charge in [0.05, 0.1) is 17.3 Å². The first-order valence-corrected chi connectivity index (χ1v) is 9.54. The molecule has 2 N–H and O–H groups in total. The first kappa shape index (κ1) is 18.3. The van der Waals surface area contributed by atoms with Crippen LogP contribution in [0, 0.1) is 0 Å². The molecule has 0 radical (unpaired) electrons.